The van der Waals surface area contributed by atoms with Crippen LogP contribution in [-0.2, 0) is 10.0 Å². The number of rotatable bonds is 8. The van der Waals surface area contributed by atoms with E-state index in [1.165, 1.54) is 0 Å². The summed E-state index contributed by atoms with van der Waals surface area (Å²) in [7, 11) is -3.08. The molecule has 0 aliphatic carbocycles. The molecule has 0 aromatic carbocycles. The Morgan fingerprint density at radius 2 is 2.00 bits per heavy atom. The highest BCUT2D eigenvalue weighted by atomic mass is 32.2. The van der Waals surface area contributed by atoms with Crippen molar-refractivity contribution in [2.45, 2.75) is 20.3 Å². The molecule has 2 N–H and O–H groups in total. The van der Waals surface area contributed by atoms with Crippen molar-refractivity contribution < 1.29 is 8.42 Å². The molecule has 0 saturated heterocycles. The standard InChI is InChI=1S/C9H20N2O2S/c1-3-5-6-7-11-14(12,13)9-8-10-4-2/h3,5,10-11H,4,6-9H2,1-2H3/b5-3+. The molecule has 14 heavy (non-hydrogen) atoms. The summed E-state index contributed by atoms with van der Waals surface area (Å²) in [6.07, 6.45) is 4.59. The van der Waals surface area contributed by atoms with Crippen LogP contribution >= 0.6 is 0 Å². The Kier molecular flexibility index (Phi) is 7.74. The Labute approximate surface area is 86.8 Å². The van der Waals surface area contributed by atoms with Crippen molar-refractivity contribution in [1.29, 1.82) is 0 Å². The third-order valence-corrected chi connectivity index (χ3v) is 3.05. The highest BCUT2D eigenvalue weighted by Crippen LogP contribution is 1.86. The van der Waals surface area contributed by atoms with E-state index in [0.717, 1.165) is 13.0 Å². The summed E-state index contributed by atoms with van der Waals surface area (Å²) in [5.74, 6) is 0.149. The van der Waals surface area contributed by atoms with Crippen LogP contribution in [0.5, 0.6) is 0 Å². The van der Waals surface area contributed by atoms with E-state index in [1.54, 1.807) is 0 Å². The first-order valence-corrected chi connectivity index (χ1v) is 6.57. The number of sulfonamides is 1. The molecule has 0 aromatic rings. The first-order chi connectivity index (χ1) is 6.62. The molecule has 4 nitrogen and oxygen atoms in total. The number of hydrogen-bond acceptors (Lipinski definition) is 3. The average molecular weight is 220 g/mol. The van der Waals surface area contributed by atoms with Gasteiger partial charge < -0.3 is 5.32 Å². The van der Waals surface area contributed by atoms with Crippen molar-refractivity contribution in [3.63, 3.8) is 0 Å². The summed E-state index contributed by atoms with van der Waals surface area (Å²) in [5.41, 5.74) is 0. The Bertz CT molecular complexity index is 248. The maximum Gasteiger partial charge on any atom is 0.212 e. The fourth-order valence-corrected chi connectivity index (χ4v) is 1.91. The van der Waals surface area contributed by atoms with Crippen LogP contribution in [0.4, 0.5) is 0 Å². The lowest BCUT2D eigenvalue weighted by Gasteiger charge is -2.05. The summed E-state index contributed by atoms with van der Waals surface area (Å²) in [6, 6.07) is 0. The van der Waals surface area contributed by atoms with Gasteiger partial charge in [-0.2, -0.15) is 0 Å². The Morgan fingerprint density at radius 1 is 1.29 bits per heavy atom. The molecule has 0 spiro atoms. The van der Waals surface area contributed by atoms with Crippen molar-refractivity contribution in [1.82, 2.24) is 10.0 Å². The topological polar surface area (TPSA) is 58.2 Å². The van der Waals surface area contributed by atoms with Crippen LogP contribution in [0.15, 0.2) is 12.2 Å². The molecular formula is C9H20N2O2S. The minimum atomic E-state index is -3.08. The molecule has 0 rings (SSSR count). The first kappa shape index (κ1) is 13.6. The summed E-state index contributed by atoms with van der Waals surface area (Å²) in [5, 5.41) is 2.97. The van der Waals surface area contributed by atoms with Gasteiger partial charge in [0.2, 0.25) is 10.0 Å². The summed E-state index contributed by atoms with van der Waals surface area (Å²) in [4.78, 5) is 0. The van der Waals surface area contributed by atoms with Gasteiger partial charge in [-0.1, -0.05) is 19.1 Å². The normalized spacial score (nSPS) is 12.4. The molecule has 0 amide bonds. The molecule has 84 valence electrons. The fourth-order valence-electron chi connectivity index (χ4n) is 0.920. The minimum Gasteiger partial charge on any atom is -0.316 e. The van der Waals surface area contributed by atoms with Gasteiger partial charge in [0.1, 0.15) is 0 Å². The van der Waals surface area contributed by atoms with Gasteiger partial charge in [0.15, 0.2) is 0 Å². The van der Waals surface area contributed by atoms with Crippen LogP contribution < -0.4 is 10.0 Å². The third-order valence-electron chi connectivity index (χ3n) is 1.67. The lowest BCUT2D eigenvalue weighted by atomic mass is 10.4. The van der Waals surface area contributed by atoms with Gasteiger partial charge in [0.25, 0.3) is 0 Å². The predicted octanol–water partition coefficient (Wildman–Crippen LogP) is 0.482. The summed E-state index contributed by atoms with van der Waals surface area (Å²) in [6.45, 7) is 5.66. The molecule has 0 radical (unpaired) electrons. The van der Waals surface area contributed by atoms with Gasteiger partial charge in [-0.3, -0.25) is 0 Å². The van der Waals surface area contributed by atoms with Gasteiger partial charge in [-0.05, 0) is 19.9 Å². The van der Waals surface area contributed by atoms with E-state index in [0.29, 0.717) is 13.1 Å². The SMILES string of the molecule is C/C=C/CCNS(=O)(=O)CCNCC. The summed E-state index contributed by atoms with van der Waals surface area (Å²) < 4.78 is 25.1. The lowest BCUT2D eigenvalue weighted by Crippen LogP contribution is -2.32. The Balaban J connectivity index is 3.62. The van der Waals surface area contributed by atoms with Gasteiger partial charge in [0.05, 0.1) is 5.75 Å². The van der Waals surface area contributed by atoms with Crippen LogP contribution in [0.1, 0.15) is 20.3 Å². The van der Waals surface area contributed by atoms with Crippen LogP contribution in [-0.4, -0.2) is 33.8 Å². The monoisotopic (exact) mass is 220 g/mol. The Morgan fingerprint density at radius 3 is 2.57 bits per heavy atom. The number of hydrogen-bond donors (Lipinski definition) is 2. The molecule has 0 aromatic heterocycles. The fraction of sp³-hybridized carbons (Fsp3) is 0.778. The van der Waals surface area contributed by atoms with E-state index in [4.69, 9.17) is 0 Å². The molecular weight excluding hydrogens is 200 g/mol. The van der Waals surface area contributed by atoms with Gasteiger partial charge in [0, 0.05) is 13.1 Å². The second-order valence-electron chi connectivity index (χ2n) is 2.92. The van der Waals surface area contributed by atoms with Crippen molar-refractivity contribution in [2.75, 3.05) is 25.4 Å². The molecule has 0 atom stereocenters. The molecule has 5 heteroatoms. The van der Waals surface area contributed by atoms with Gasteiger partial charge >= 0.3 is 0 Å². The zero-order valence-electron chi connectivity index (χ0n) is 8.91. The average Bonchev–Trinajstić information content (AvgIpc) is 2.13. The van der Waals surface area contributed by atoms with Crippen molar-refractivity contribution >= 4 is 10.0 Å². The third kappa shape index (κ3) is 8.22. The zero-order valence-corrected chi connectivity index (χ0v) is 9.73. The van der Waals surface area contributed by atoms with E-state index in [9.17, 15) is 8.42 Å². The largest absolute Gasteiger partial charge is 0.316 e. The van der Waals surface area contributed by atoms with E-state index in [1.807, 2.05) is 26.0 Å². The van der Waals surface area contributed by atoms with Crippen LogP contribution in [0.3, 0.4) is 0 Å². The second-order valence-corrected chi connectivity index (χ2v) is 4.85. The molecule has 0 bridgehead atoms. The lowest BCUT2D eigenvalue weighted by molar-refractivity contribution is 0.578. The van der Waals surface area contributed by atoms with E-state index in [-0.39, 0.29) is 5.75 Å². The number of nitrogens with one attached hydrogen (secondary N) is 2. The molecule has 0 fully saturated rings. The summed E-state index contributed by atoms with van der Waals surface area (Å²) >= 11 is 0. The predicted molar refractivity (Wildman–Crippen MR) is 59.8 cm³/mol. The van der Waals surface area contributed by atoms with Crippen molar-refractivity contribution in [3.05, 3.63) is 12.2 Å². The highest BCUT2D eigenvalue weighted by Gasteiger charge is 2.07. The maximum atomic E-state index is 11.3. The van der Waals surface area contributed by atoms with Gasteiger partial charge in [-0.25, -0.2) is 13.1 Å². The quantitative estimate of drug-likeness (QED) is 0.462. The van der Waals surface area contributed by atoms with E-state index < -0.39 is 10.0 Å². The van der Waals surface area contributed by atoms with Crippen LogP contribution in [0, 0.1) is 0 Å². The van der Waals surface area contributed by atoms with Crippen molar-refractivity contribution in [3.8, 4) is 0 Å². The smallest absolute Gasteiger partial charge is 0.212 e. The number of allylic oxidation sites excluding steroid dienone is 1. The van der Waals surface area contributed by atoms with Crippen LogP contribution in [0.25, 0.3) is 0 Å². The van der Waals surface area contributed by atoms with Crippen molar-refractivity contribution in [2.24, 2.45) is 0 Å². The molecule has 0 aliphatic rings. The van der Waals surface area contributed by atoms with E-state index >= 15 is 0 Å². The van der Waals surface area contributed by atoms with E-state index in [2.05, 4.69) is 10.0 Å². The highest BCUT2D eigenvalue weighted by molar-refractivity contribution is 7.89. The zero-order chi connectivity index (χ0) is 10.9. The first-order valence-electron chi connectivity index (χ1n) is 4.91. The molecule has 0 saturated carbocycles. The maximum absolute atomic E-state index is 11.3. The Hall–Kier alpha value is -0.390. The van der Waals surface area contributed by atoms with Gasteiger partial charge in [-0.15, -0.1) is 0 Å². The molecule has 0 unspecified atom stereocenters. The molecule has 0 heterocycles. The minimum absolute atomic E-state index is 0.149. The second kappa shape index (κ2) is 7.96. The van der Waals surface area contributed by atoms with Crippen LogP contribution in [0.2, 0.25) is 0 Å². The molecule has 0 aliphatic heterocycles.